The third kappa shape index (κ3) is 7.93. The topological polar surface area (TPSA) is 75.6 Å². The zero-order valence-electron chi connectivity index (χ0n) is 9.28. The average molecular weight is 217 g/mol. The normalized spacial score (nSPS) is 12.1. The van der Waals surface area contributed by atoms with Gasteiger partial charge >= 0.3 is 5.97 Å². The zero-order chi connectivity index (χ0) is 11.7. The molecule has 15 heavy (non-hydrogen) atoms. The molecule has 1 unspecified atom stereocenters. The number of hydrogen-bond acceptors (Lipinski definition) is 3. The molecule has 5 nitrogen and oxygen atoms in total. The van der Waals surface area contributed by atoms with Crippen molar-refractivity contribution >= 4 is 11.9 Å². The number of carbonyl (C=O) groups excluding carboxylic acids is 1. The maximum Gasteiger partial charge on any atom is 0.305 e. The van der Waals surface area contributed by atoms with Gasteiger partial charge in [0.1, 0.15) is 0 Å². The van der Waals surface area contributed by atoms with Gasteiger partial charge in [-0.3, -0.25) is 9.59 Å². The van der Waals surface area contributed by atoms with Crippen LogP contribution in [0.15, 0.2) is 0 Å². The molecule has 1 atom stereocenters. The highest BCUT2D eigenvalue weighted by atomic mass is 16.5. The van der Waals surface area contributed by atoms with Crippen molar-refractivity contribution in [3.8, 4) is 0 Å². The van der Waals surface area contributed by atoms with Gasteiger partial charge < -0.3 is 15.2 Å². The first kappa shape index (κ1) is 13.9. The Hall–Kier alpha value is -1.10. The van der Waals surface area contributed by atoms with Crippen LogP contribution in [0.5, 0.6) is 0 Å². The Morgan fingerprint density at radius 1 is 1.47 bits per heavy atom. The third-order valence-corrected chi connectivity index (χ3v) is 2.03. The second kappa shape index (κ2) is 8.23. The van der Waals surface area contributed by atoms with E-state index in [1.807, 2.05) is 6.92 Å². The molecule has 0 spiro atoms. The minimum Gasteiger partial charge on any atom is -0.481 e. The molecule has 0 heterocycles. The minimum absolute atomic E-state index is 0.0213. The van der Waals surface area contributed by atoms with Gasteiger partial charge in [-0.05, 0) is 12.8 Å². The SMILES string of the molecule is CCC(CC(=O)O)NC(=O)CCCOC. The van der Waals surface area contributed by atoms with Crippen LogP contribution in [0.2, 0.25) is 0 Å². The summed E-state index contributed by atoms with van der Waals surface area (Å²) in [6.45, 7) is 2.40. The Balaban J connectivity index is 3.75. The molecule has 5 heteroatoms. The van der Waals surface area contributed by atoms with Crippen LogP contribution in [0.1, 0.15) is 32.6 Å². The molecule has 0 aromatic heterocycles. The summed E-state index contributed by atoms with van der Waals surface area (Å²) < 4.78 is 4.81. The summed E-state index contributed by atoms with van der Waals surface area (Å²) in [4.78, 5) is 21.7. The van der Waals surface area contributed by atoms with E-state index in [4.69, 9.17) is 9.84 Å². The van der Waals surface area contributed by atoms with Crippen molar-refractivity contribution in [1.82, 2.24) is 5.32 Å². The summed E-state index contributed by atoms with van der Waals surface area (Å²) in [5.41, 5.74) is 0. The Morgan fingerprint density at radius 2 is 2.13 bits per heavy atom. The second-order valence-electron chi connectivity index (χ2n) is 3.37. The maximum absolute atomic E-state index is 11.3. The van der Waals surface area contributed by atoms with Gasteiger partial charge in [0.15, 0.2) is 0 Å². The lowest BCUT2D eigenvalue weighted by atomic mass is 10.1. The number of aliphatic carboxylic acids is 1. The van der Waals surface area contributed by atoms with Crippen molar-refractivity contribution < 1.29 is 19.4 Å². The lowest BCUT2D eigenvalue weighted by molar-refractivity contribution is -0.137. The number of carboxylic acid groups (broad SMARTS) is 1. The number of carbonyl (C=O) groups is 2. The molecular formula is C10H19NO4. The fourth-order valence-corrected chi connectivity index (χ4v) is 1.19. The van der Waals surface area contributed by atoms with Crippen molar-refractivity contribution in [1.29, 1.82) is 0 Å². The Bertz CT molecular complexity index is 206. The zero-order valence-corrected chi connectivity index (χ0v) is 9.28. The Labute approximate surface area is 89.8 Å². The highest BCUT2D eigenvalue weighted by molar-refractivity contribution is 5.77. The molecule has 0 saturated heterocycles. The fourth-order valence-electron chi connectivity index (χ4n) is 1.19. The van der Waals surface area contributed by atoms with Gasteiger partial charge in [-0.25, -0.2) is 0 Å². The van der Waals surface area contributed by atoms with Crippen molar-refractivity contribution in [2.24, 2.45) is 0 Å². The van der Waals surface area contributed by atoms with Crippen molar-refractivity contribution in [2.45, 2.75) is 38.6 Å². The summed E-state index contributed by atoms with van der Waals surface area (Å²) in [6, 6.07) is -0.266. The molecule has 0 fully saturated rings. The molecule has 0 aliphatic carbocycles. The number of rotatable bonds is 8. The fraction of sp³-hybridized carbons (Fsp3) is 0.800. The quantitative estimate of drug-likeness (QED) is 0.589. The van der Waals surface area contributed by atoms with Crippen molar-refractivity contribution in [3.05, 3.63) is 0 Å². The second-order valence-corrected chi connectivity index (χ2v) is 3.37. The van der Waals surface area contributed by atoms with Gasteiger partial charge in [0.25, 0.3) is 0 Å². The molecule has 0 aliphatic heterocycles. The number of hydrogen-bond donors (Lipinski definition) is 2. The third-order valence-electron chi connectivity index (χ3n) is 2.03. The van der Waals surface area contributed by atoms with Crippen LogP contribution in [0.25, 0.3) is 0 Å². The maximum atomic E-state index is 11.3. The number of carboxylic acids is 1. The van der Waals surface area contributed by atoms with Gasteiger partial charge in [-0.15, -0.1) is 0 Å². The molecule has 0 bridgehead atoms. The monoisotopic (exact) mass is 217 g/mol. The predicted molar refractivity (Wildman–Crippen MR) is 55.6 cm³/mol. The molecular weight excluding hydrogens is 198 g/mol. The van der Waals surface area contributed by atoms with Crippen LogP contribution in [0.3, 0.4) is 0 Å². The average Bonchev–Trinajstić information content (AvgIpc) is 2.16. The summed E-state index contributed by atoms with van der Waals surface area (Å²) in [5, 5.41) is 11.3. The van der Waals surface area contributed by atoms with Crippen LogP contribution in [-0.4, -0.2) is 36.7 Å². The summed E-state index contributed by atoms with van der Waals surface area (Å²) in [7, 11) is 1.58. The smallest absolute Gasteiger partial charge is 0.305 e. The number of nitrogens with one attached hydrogen (secondary N) is 1. The van der Waals surface area contributed by atoms with Crippen molar-refractivity contribution in [2.75, 3.05) is 13.7 Å². The molecule has 0 aromatic carbocycles. The van der Waals surface area contributed by atoms with E-state index >= 15 is 0 Å². The Morgan fingerprint density at radius 3 is 2.60 bits per heavy atom. The predicted octanol–water partition coefficient (Wildman–Crippen LogP) is 0.782. The largest absolute Gasteiger partial charge is 0.481 e. The van der Waals surface area contributed by atoms with E-state index in [0.717, 1.165) is 0 Å². The van der Waals surface area contributed by atoms with Gasteiger partial charge in [-0.1, -0.05) is 6.92 Å². The highest BCUT2D eigenvalue weighted by Gasteiger charge is 2.13. The standard InChI is InChI=1S/C10H19NO4/c1-3-8(7-10(13)14)11-9(12)5-4-6-15-2/h8H,3-7H2,1-2H3,(H,11,12)(H,13,14). The van der Waals surface area contributed by atoms with Crippen LogP contribution >= 0.6 is 0 Å². The molecule has 2 N–H and O–H groups in total. The van der Waals surface area contributed by atoms with Crippen LogP contribution in [0, 0.1) is 0 Å². The van der Waals surface area contributed by atoms with E-state index in [1.54, 1.807) is 7.11 Å². The van der Waals surface area contributed by atoms with Crippen LogP contribution < -0.4 is 5.32 Å². The van der Waals surface area contributed by atoms with Crippen molar-refractivity contribution in [3.63, 3.8) is 0 Å². The lowest BCUT2D eigenvalue weighted by Gasteiger charge is -2.14. The summed E-state index contributed by atoms with van der Waals surface area (Å²) in [6.07, 6.45) is 1.64. The van der Waals surface area contributed by atoms with E-state index in [9.17, 15) is 9.59 Å². The van der Waals surface area contributed by atoms with E-state index in [0.29, 0.717) is 25.9 Å². The Kier molecular flexibility index (Phi) is 7.62. The summed E-state index contributed by atoms with van der Waals surface area (Å²) >= 11 is 0. The number of methoxy groups -OCH3 is 1. The van der Waals surface area contributed by atoms with Gasteiger partial charge in [0, 0.05) is 26.2 Å². The van der Waals surface area contributed by atoms with Gasteiger partial charge in [0.2, 0.25) is 5.91 Å². The van der Waals surface area contributed by atoms with Gasteiger partial charge in [-0.2, -0.15) is 0 Å². The molecule has 0 rings (SSSR count). The first-order chi connectivity index (χ1) is 7.10. The van der Waals surface area contributed by atoms with Crippen LogP contribution in [-0.2, 0) is 14.3 Å². The van der Waals surface area contributed by atoms with Crippen LogP contribution in [0.4, 0.5) is 0 Å². The van der Waals surface area contributed by atoms with E-state index < -0.39 is 5.97 Å². The molecule has 0 aromatic rings. The first-order valence-corrected chi connectivity index (χ1v) is 5.10. The molecule has 88 valence electrons. The molecule has 0 radical (unpaired) electrons. The molecule has 0 aliphatic rings. The molecule has 0 saturated carbocycles. The number of amides is 1. The van der Waals surface area contributed by atoms with Gasteiger partial charge in [0.05, 0.1) is 6.42 Å². The van der Waals surface area contributed by atoms with E-state index in [-0.39, 0.29) is 18.4 Å². The summed E-state index contributed by atoms with van der Waals surface area (Å²) in [5.74, 6) is -1.00. The van der Waals surface area contributed by atoms with E-state index in [1.165, 1.54) is 0 Å². The number of ether oxygens (including phenoxy) is 1. The highest BCUT2D eigenvalue weighted by Crippen LogP contribution is 1.99. The minimum atomic E-state index is -0.890. The molecule has 1 amide bonds. The van der Waals surface area contributed by atoms with E-state index in [2.05, 4.69) is 5.32 Å². The first-order valence-electron chi connectivity index (χ1n) is 5.10. The lowest BCUT2D eigenvalue weighted by Crippen LogP contribution is -2.35.